The molecule has 3 nitrogen and oxygen atoms in total. The third kappa shape index (κ3) is 3.49. The van der Waals surface area contributed by atoms with Crippen molar-refractivity contribution in [2.45, 2.75) is 12.3 Å². The largest absolute Gasteiger partial charge is 0.273 e. The second-order valence-corrected chi connectivity index (χ2v) is 6.10. The Hall–Kier alpha value is -1.84. The van der Waals surface area contributed by atoms with Crippen molar-refractivity contribution in [3.63, 3.8) is 0 Å². The van der Waals surface area contributed by atoms with Gasteiger partial charge in [-0.3, -0.25) is 4.79 Å². The van der Waals surface area contributed by atoms with Gasteiger partial charge >= 0.3 is 0 Å². The van der Waals surface area contributed by atoms with Gasteiger partial charge in [-0.15, -0.1) is 0 Å². The zero-order valence-corrected chi connectivity index (χ0v) is 13.2. The molecular weight excluding hydrogens is 319 g/mol. The van der Waals surface area contributed by atoms with E-state index in [2.05, 4.69) is 22.7 Å². The van der Waals surface area contributed by atoms with Crippen LogP contribution in [0.4, 0.5) is 0 Å². The molecule has 1 fully saturated rings. The summed E-state index contributed by atoms with van der Waals surface area (Å²) in [4.78, 5) is 12.0. The second-order valence-electron chi connectivity index (χ2n) is 5.26. The summed E-state index contributed by atoms with van der Waals surface area (Å²) in [7, 11) is 0. The van der Waals surface area contributed by atoms with Crippen LogP contribution in [0.15, 0.2) is 53.6 Å². The molecule has 0 aromatic heterocycles. The molecule has 0 saturated heterocycles. The van der Waals surface area contributed by atoms with Gasteiger partial charge in [0.25, 0.3) is 0 Å². The Bertz CT molecular complexity index is 716. The molecule has 1 saturated carbocycles. The number of amides is 1. The first-order valence-electron chi connectivity index (χ1n) is 6.98. The summed E-state index contributed by atoms with van der Waals surface area (Å²) in [6.07, 6.45) is 2.39. The van der Waals surface area contributed by atoms with Crippen molar-refractivity contribution in [3.8, 4) is 0 Å². The minimum absolute atomic E-state index is 0.000222. The molecule has 2 aromatic rings. The van der Waals surface area contributed by atoms with Crippen molar-refractivity contribution in [1.29, 1.82) is 0 Å². The summed E-state index contributed by atoms with van der Waals surface area (Å²) in [6, 6.07) is 15.2. The van der Waals surface area contributed by atoms with E-state index >= 15 is 0 Å². The van der Waals surface area contributed by atoms with E-state index in [9.17, 15) is 4.79 Å². The van der Waals surface area contributed by atoms with Crippen LogP contribution in [0.5, 0.6) is 0 Å². The molecule has 1 N–H and O–H groups in total. The predicted molar refractivity (Wildman–Crippen MR) is 89.5 cm³/mol. The molecule has 1 amide bonds. The molecule has 1 aliphatic rings. The SMILES string of the molecule is O=C(N/N=C/c1ccc(Cl)cc1Cl)C1CC1c1ccccc1. The van der Waals surface area contributed by atoms with Crippen LogP contribution in [0.2, 0.25) is 10.0 Å². The number of hydrogen-bond acceptors (Lipinski definition) is 2. The van der Waals surface area contributed by atoms with Crippen LogP contribution in [-0.2, 0) is 4.79 Å². The summed E-state index contributed by atoms with van der Waals surface area (Å²) in [5.74, 6) is 0.242. The molecule has 0 aliphatic heterocycles. The number of nitrogens with zero attached hydrogens (tertiary/aromatic N) is 1. The van der Waals surface area contributed by atoms with Crippen LogP contribution in [0.25, 0.3) is 0 Å². The Morgan fingerprint density at radius 2 is 1.95 bits per heavy atom. The number of carbonyl (C=O) groups excluding carboxylic acids is 1. The monoisotopic (exact) mass is 332 g/mol. The van der Waals surface area contributed by atoms with E-state index in [0.29, 0.717) is 21.5 Å². The molecule has 0 bridgehead atoms. The predicted octanol–water partition coefficient (Wildman–Crippen LogP) is 4.25. The van der Waals surface area contributed by atoms with Gasteiger partial charge in [-0.2, -0.15) is 5.10 Å². The average molecular weight is 333 g/mol. The highest BCUT2D eigenvalue weighted by Crippen LogP contribution is 2.47. The lowest BCUT2D eigenvalue weighted by Crippen LogP contribution is -2.20. The molecule has 2 unspecified atom stereocenters. The Kier molecular flexibility index (Phi) is 4.46. The Balaban J connectivity index is 1.56. The van der Waals surface area contributed by atoms with Gasteiger partial charge in [-0.05, 0) is 30.0 Å². The second kappa shape index (κ2) is 6.51. The van der Waals surface area contributed by atoms with E-state index in [1.54, 1.807) is 18.2 Å². The van der Waals surface area contributed by atoms with Crippen molar-refractivity contribution in [1.82, 2.24) is 5.43 Å². The van der Waals surface area contributed by atoms with Crippen LogP contribution < -0.4 is 5.43 Å². The van der Waals surface area contributed by atoms with Crippen molar-refractivity contribution in [2.24, 2.45) is 11.0 Å². The van der Waals surface area contributed by atoms with Crippen LogP contribution >= 0.6 is 23.2 Å². The molecule has 5 heteroatoms. The molecule has 0 spiro atoms. The summed E-state index contributed by atoms with van der Waals surface area (Å²) >= 11 is 11.9. The van der Waals surface area contributed by atoms with Gasteiger partial charge in [0.1, 0.15) is 0 Å². The zero-order chi connectivity index (χ0) is 15.5. The third-order valence-corrected chi connectivity index (χ3v) is 4.26. The fourth-order valence-electron chi connectivity index (χ4n) is 2.41. The highest BCUT2D eigenvalue weighted by molar-refractivity contribution is 6.36. The lowest BCUT2D eigenvalue weighted by atomic mass is 10.1. The molecular formula is C17H14Cl2N2O. The lowest BCUT2D eigenvalue weighted by Gasteiger charge is -2.01. The van der Waals surface area contributed by atoms with Crippen LogP contribution in [0.1, 0.15) is 23.5 Å². The van der Waals surface area contributed by atoms with Crippen LogP contribution in [0.3, 0.4) is 0 Å². The zero-order valence-electron chi connectivity index (χ0n) is 11.7. The van der Waals surface area contributed by atoms with Gasteiger partial charge in [0, 0.05) is 16.5 Å². The summed E-state index contributed by atoms with van der Waals surface area (Å²) < 4.78 is 0. The first kappa shape index (κ1) is 15.1. The maximum Gasteiger partial charge on any atom is 0.243 e. The number of hydrazone groups is 1. The van der Waals surface area contributed by atoms with E-state index in [1.807, 2.05) is 18.2 Å². The molecule has 1 aliphatic carbocycles. The number of rotatable bonds is 4. The Morgan fingerprint density at radius 3 is 2.68 bits per heavy atom. The topological polar surface area (TPSA) is 41.5 Å². The fourth-order valence-corrected chi connectivity index (χ4v) is 2.87. The molecule has 0 heterocycles. The maximum absolute atomic E-state index is 12.0. The van der Waals surface area contributed by atoms with Crippen LogP contribution in [0, 0.1) is 5.92 Å². The normalized spacial score (nSPS) is 20.1. The van der Waals surface area contributed by atoms with E-state index in [-0.39, 0.29) is 11.8 Å². The molecule has 22 heavy (non-hydrogen) atoms. The van der Waals surface area contributed by atoms with E-state index in [0.717, 1.165) is 6.42 Å². The molecule has 2 atom stereocenters. The first-order chi connectivity index (χ1) is 10.6. The van der Waals surface area contributed by atoms with Gasteiger partial charge in [0.2, 0.25) is 5.91 Å². The van der Waals surface area contributed by atoms with Crippen molar-refractivity contribution in [3.05, 3.63) is 69.7 Å². The van der Waals surface area contributed by atoms with E-state index < -0.39 is 0 Å². The van der Waals surface area contributed by atoms with Crippen molar-refractivity contribution >= 4 is 35.3 Å². The highest BCUT2D eigenvalue weighted by Gasteiger charge is 2.43. The highest BCUT2D eigenvalue weighted by atomic mass is 35.5. The summed E-state index contributed by atoms with van der Waals surface area (Å²) in [5, 5.41) is 5.03. The van der Waals surface area contributed by atoms with Crippen LogP contribution in [-0.4, -0.2) is 12.1 Å². The van der Waals surface area contributed by atoms with E-state index in [1.165, 1.54) is 11.8 Å². The summed E-state index contributed by atoms with van der Waals surface area (Å²) in [6.45, 7) is 0. The Labute approximate surface area is 138 Å². The van der Waals surface area contributed by atoms with E-state index in [4.69, 9.17) is 23.2 Å². The number of benzene rings is 2. The van der Waals surface area contributed by atoms with Gasteiger partial charge in [-0.1, -0.05) is 59.6 Å². The van der Waals surface area contributed by atoms with Gasteiger partial charge < -0.3 is 0 Å². The number of carbonyl (C=O) groups is 1. The van der Waals surface area contributed by atoms with Gasteiger partial charge in [-0.25, -0.2) is 5.43 Å². The molecule has 2 aromatic carbocycles. The number of nitrogens with one attached hydrogen (secondary N) is 1. The first-order valence-corrected chi connectivity index (χ1v) is 7.73. The standard InChI is InChI=1S/C17H14Cl2N2O/c18-13-7-6-12(16(19)8-13)10-20-21-17(22)15-9-14(15)11-4-2-1-3-5-11/h1-8,10,14-15H,9H2,(H,21,22)/b20-10+. The molecule has 0 radical (unpaired) electrons. The summed E-state index contributed by atoms with van der Waals surface area (Å²) in [5.41, 5.74) is 4.48. The lowest BCUT2D eigenvalue weighted by molar-refractivity contribution is -0.122. The minimum Gasteiger partial charge on any atom is -0.273 e. The average Bonchev–Trinajstić information content (AvgIpc) is 3.31. The maximum atomic E-state index is 12.0. The molecule has 112 valence electrons. The van der Waals surface area contributed by atoms with Gasteiger partial charge in [0.05, 0.1) is 11.2 Å². The quantitative estimate of drug-likeness (QED) is 0.660. The smallest absolute Gasteiger partial charge is 0.243 e. The third-order valence-electron chi connectivity index (χ3n) is 3.70. The van der Waals surface area contributed by atoms with Crippen molar-refractivity contribution < 1.29 is 4.79 Å². The molecule has 3 rings (SSSR count). The van der Waals surface area contributed by atoms with Gasteiger partial charge in [0.15, 0.2) is 0 Å². The van der Waals surface area contributed by atoms with Crippen molar-refractivity contribution in [2.75, 3.05) is 0 Å². The minimum atomic E-state index is -0.0600. The number of hydrogen-bond donors (Lipinski definition) is 1. The Morgan fingerprint density at radius 1 is 1.18 bits per heavy atom. The fraction of sp³-hybridized carbons (Fsp3) is 0.176. The number of halogens is 2.